The van der Waals surface area contributed by atoms with Gasteiger partial charge in [0.25, 0.3) is 0 Å². The minimum atomic E-state index is -0.0651. The molecule has 1 unspecified atom stereocenters. The Morgan fingerprint density at radius 3 is 2.25 bits per heavy atom. The van der Waals surface area contributed by atoms with E-state index in [1.54, 1.807) is 12.4 Å². The van der Waals surface area contributed by atoms with E-state index < -0.39 is 0 Å². The summed E-state index contributed by atoms with van der Waals surface area (Å²) in [7, 11) is 0. The zero-order valence-electron chi connectivity index (χ0n) is 7.65. The van der Waals surface area contributed by atoms with Gasteiger partial charge in [-0.1, -0.05) is 20.8 Å². The molecule has 3 heteroatoms. The lowest BCUT2D eigenvalue weighted by atomic mass is 9.89. The SMILES string of the molecule is CC(S)C(C)(C)c1ncccn1. The van der Waals surface area contributed by atoms with E-state index in [1.165, 1.54) is 0 Å². The van der Waals surface area contributed by atoms with Crippen molar-refractivity contribution >= 4 is 12.6 Å². The Morgan fingerprint density at radius 1 is 1.33 bits per heavy atom. The summed E-state index contributed by atoms with van der Waals surface area (Å²) in [6, 6.07) is 1.82. The first kappa shape index (κ1) is 9.52. The van der Waals surface area contributed by atoms with Crippen molar-refractivity contribution < 1.29 is 0 Å². The van der Waals surface area contributed by atoms with E-state index in [9.17, 15) is 0 Å². The summed E-state index contributed by atoms with van der Waals surface area (Å²) in [6.45, 7) is 6.25. The van der Waals surface area contributed by atoms with Crippen molar-refractivity contribution in [2.24, 2.45) is 0 Å². The maximum absolute atomic E-state index is 4.41. The number of hydrogen-bond acceptors (Lipinski definition) is 3. The van der Waals surface area contributed by atoms with E-state index >= 15 is 0 Å². The third-order valence-corrected chi connectivity index (χ3v) is 2.83. The van der Waals surface area contributed by atoms with Crippen LogP contribution in [0.4, 0.5) is 0 Å². The predicted octanol–water partition coefficient (Wildman–Crippen LogP) is 2.07. The Kier molecular flexibility index (Phi) is 2.73. The van der Waals surface area contributed by atoms with Gasteiger partial charge in [-0.15, -0.1) is 0 Å². The van der Waals surface area contributed by atoms with E-state index in [1.807, 2.05) is 6.07 Å². The molecule has 0 amide bonds. The second-order valence-electron chi connectivity index (χ2n) is 3.47. The second-order valence-corrected chi connectivity index (χ2v) is 4.24. The van der Waals surface area contributed by atoms with Gasteiger partial charge in [0.1, 0.15) is 5.82 Å². The topological polar surface area (TPSA) is 25.8 Å². The Morgan fingerprint density at radius 2 is 1.83 bits per heavy atom. The fourth-order valence-corrected chi connectivity index (χ4v) is 0.934. The molecular weight excluding hydrogens is 168 g/mol. The Balaban J connectivity index is 2.98. The molecule has 0 bridgehead atoms. The van der Waals surface area contributed by atoms with E-state index in [2.05, 4.69) is 43.4 Å². The van der Waals surface area contributed by atoms with Gasteiger partial charge in [0, 0.05) is 23.1 Å². The largest absolute Gasteiger partial charge is 0.241 e. The fraction of sp³-hybridized carbons (Fsp3) is 0.556. The normalized spacial score (nSPS) is 14.3. The monoisotopic (exact) mass is 182 g/mol. The summed E-state index contributed by atoms with van der Waals surface area (Å²) in [5.74, 6) is 0.854. The van der Waals surface area contributed by atoms with E-state index in [-0.39, 0.29) is 10.7 Å². The molecule has 1 rings (SSSR count). The van der Waals surface area contributed by atoms with Crippen molar-refractivity contribution in [3.63, 3.8) is 0 Å². The highest BCUT2D eigenvalue weighted by Crippen LogP contribution is 2.26. The van der Waals surface area contributed by atoms with Gasteiger partial charge in [0.15, 0.2) is 0 Å². The molecule has 1 heterocycles. The van der Waals surface area contributed by atoms with Gasteiger partial charge in [-0.05, 0) is 6.07 Å². The highest BCUT2D eigenvalue weighted by molar-refractivity contribution is 7.81. The summed E-state index contributed by atoms with van der Waals surface area (Å²) in [6.07, 6.45) is 3.53. The number of aromatic nitrogens is 2. The average molecular weight is 182 g/mol. The molecule has 12 heavy (non-hydrogen) atoms. The minimum Gasteiger partial charge on any atom is -0.241 e. The van der Waals surface area contributed by atoms with Crippen LogP contribution in [0, 0.1) is 0 Å². The molecule has 0 spiro atoms. The van der Waals surface area contributed by atoms with E-state index in [4.69, 9.17) is 0 Å². The van der Waals surface area contributed by atoms with Gasteiger partial charge < -0.3 is 0 Å². The molecular formula is C9H14N2S. The van der Waals surface area contributed by atoms with E-state index in [0.29, 0.717) is 0 Å². The number of thiol groups is 1. The zero-order valence-corrected chi connectivity index (χ0v) is 8.55. The third kappa shape index (κ3) is 1.78. The standard InChI is InChI=1S/C9H14N2S/c1-7(12)9(2,3)8-10-5-4-6-11-8/h4-7,12H,1-3H3. The molecule has 66 valence electrons. The molecule has 0 aliphatic carbocycles. The van der Waals surface area contributed by atoms with Crippen LogP contribution in [0.15, 0.2) is 18.5 Å². The van der Waals surface area contributed by atoms with Crippen molar-refractivity contribution in [3.8, 4) is 0 Å². The molecule has 1 atom stereocenters. The maximum atomic E-state index is 4.41. The van der Waals surface area contributed by atoms with Crippen LogP contribution in [0.2, 0.25) is 0 Å². The average Bonchev–Trinajstić information content (AvgIpc) is 2.06. The first-order chi connectivity index (χ1) is 5.55. The molecule has 0 radical (unpaired) electrons. The van der Waals surface area contributed by atoms with Crippen LogP contribution in [-0.2, 0) is 5.41 Å². The molecule has 2 nitrogen and oxygen atoms in total. The Bertz CT molecular complexity index is 244. The first-order valence-corrected chi connectivity index (χ1v) is 4.52. The van der Waals surface area contributed by atoms with Crippen LogP contribution in [0.5, 0.6) is 0 Å². The predicted molar refractivity (Wildman–Crippen MR) is 53.5 cm³/mol. The first-order valence-electron chi connectivity index (χ1n) is 4.00. The molecule has 0 saturated carbocycles. The number of hydrogen-bond donors (Lipinski definition) is 1. The molecule has 0 aliphatic rings. The molecule has 1 aromatic heterocycles. The van der Waals surface area contributed by atoms with Gasteiger partial charge in [-0.3, -0.25) is 0 Å². The van der Waals surface area contributed by atoms with Crippen molar-refractivity contribution in [2.75, 3.05) is 0 Å². The van der Waals surface area contributed by atoms with Crippen molar-refractivity contribution in [3.05, 3.63) is 24.3 Å². The Labute approximate surface area is 78.9 Å². The number of nitrogens with zero attached hydrogens (tertiary/aromatic N) is 2. The summed E-state index contributed by atoms with van der Waals surface area (Å²) < 4.78 is 0. The molecule has 0 aromatic carbocycles. The van der Waals surface area contributed by atoms with Gasteiger partial charge in [-0.2, -0.15) is 12.6 Å². The van der Waals surface area contributed by atoms with Crippen LogP contribution in [0.3, 0.4) is 0 Å². The van der Waals surface area contributed by atoms with E-state index in [0.717, 1.165) is 5.82 Å². The van der Waals surface area contributed by atoms with Crippen molar-refractivity contribution in [2.45, 2.75) is 31.4 Å². The fourth-order valence-electron chi connectivity index (χ4n) is 0.819. The van der Waals surface area contributed by atoms with Crippen LogP contribution >= 0.6 is 12.6 Å². The van der Waals surface area contributed by atoms with Crippen LogP contribution in [0.25, 0.3) is 0 Å². The lowest BCUT2D eigenvalue weighted by Gasteiger charge is -2.26. The maximum Gasteiger partial charge on any atom is 0.134 e. The minimum absolute atomic E-state index is 0.0651. The Hall–Kier alpha value is -0.570. The zero-order chi connectivity index (χ0) is 9.19. The highest BCUT2D eigenvalue weighted by atomic mass is 32.1. The summed E-state index contributed by atoms with van der Waals surface area (Å²) in [4.78, 5) is 8.42. The third-order valence-electron chi connectivity index (χ3n) is 2.19. The summed E-state index contributed by atoms with van der Waals surface area (Å²) >= 11 is 4.41. The molecule has 0 N–H and O–H groups in total. The van der Waals surface area contributed by atoms with Crippen LogP contribution in [-0.4, -0.2) is 15.2 Å². The van der Waals surface area contributed by atoms with Gasteiger partial charge in [-0.25, -0.2) is 9.97 Å². The van der Waals surface area contributed by atoms with Crippen molar-refractivity contribution in [1.29, 1.82) is 0 Å². The van der Waals surface area contributed by atoms with Crippen LogP contribution < -0.4 is 0 Å². The lowest BCUT2D eigenvalue weighted by molar-refractivity contribution is 0.487. The van der Waals surface area contributed by atoms with Crippen molar-refractivity contribution in [1.82, 2.24) is 9.97 Å². The van der Waals surface area contributed by atoms with Gasteiger partial charge in [0.05, 0.1) is 0 Å². The lowest BCUT2D eigenvalue weighted by Crippen LogP contribution is -2.29. The number of rotatable bonds is 2. The summed E-state index contributed by atoms with van der Waals surface area (Å²) in [5, 5.41) is 0.250. The quantitative estimate of drug-likeness (QED) is 0.708. The molecule has 0 fully saturated rings. The second kappa shape index (κ2) is 3.44. The van der Waals surface area contributed by atoms with Gasteiger partial charge in [0.2, 0.25) is 0 Å². The molecule has 1 aromatic rings. The van der Waals surface area contributed by atoms with Gasteiger partial charge >= 0.3 is 0 Å². The smallest absolute Gasteiger partial charge is 0.134 e. The molecule has 0 saturated heterocycles. The van der Waals surface area contributed by atoms with Crippen LogP contribution in [0.1, 0.15) is 26.6 Å². The highest BCUT2D eigenvalue weighted by Gasteiger charge is 2.27. The summed E-state index contributed by atoms with van der Waals surface area (Å²) in [5.41, 5.74) is -0.0651. The molecule has 0 aliphatic heterocycles.